The second-order valence-corrected chi connectivity index (χ2v) is 6.46. The van der Waals surface area contributed by atoms with Gasteiger partial charge in [0.25, 0.3) is 5.91 Å². The van der Waals surface area contributed by atoms with Crippen molar-refractivity contribution >= 4 is 34.2 Å². The van der Waals surface area contributed by atoms with Crippen molar-refractivity contribution in [2.24, 2.45) is 0 Å². The molecule has 1 heterocycles. The lowest BCUT2D eigenvalue weighted by molar-refractivity contribution is 0.0992. The third kappa shape index (κ3) is 4.17. The molecule has 0 bridgehead atoms. The fraction of sp³-hybridized carbons (Fsp3) is 0.105. The number of hydrogen-bond acceptors (Lipinski definition) is 3. The summed E-state index contributed by atoms with van der Waals surface area (Å²) in [7, 11) is 0. The van der Waals surface area contributed by atoms with Gasteiger partial charge in [-0.3, -0.25) is 4.79 Å². The molecule has 24 heavy (non-hydrogen) atoms. The normalized spacial score (nSPS) is 10.4. The first-order valence-electron chi connectivity index (χ1n) is 7.46. The molecule has 0 aliphatic heterocycles. The second kappa shape index (κ2) is 7.53. The lowest BCUT2D eigenvalue weighted by atomic mass is 10.2. The van der Waals surface area contributed by atoms with Crippen LogP contribution in [0.25, 0.3) is 0 Å². The van der Waals surface area contributed by atoms with Crippen molar-refractivity contribution in [1.82, 2.24) is 0 Å². The Labute approximate surface area is 154 Å². The van der Waals surface area contributed by atoms with Crippen LogP contribution in [0.2, 0.25) is 0 Å². The van der Waals surface area contributed by atoms with Crippen LogP contribution in [0.1, 0.15) is 21.9 Å². The number of furan rings is 1. The molecular weight excluding hydrogens is 417 g/mol. The van der Waals surface area contributed by atoms with E-state index < -0.39 is 0 Å². The molecule has 122 valence electrons. The van der Waals surface area contributed by atoms with Gasteiger partial charge in [0.15, 0.2) is 5.76 Å². The molecule has 0 spiro atoms. The molecule has 0 fully saturated rings. The Balaban J connectivity index is 1.61. The maximum atomic E-state index is 12.2. The summed E-state index contributed by atoms with van der Waals surface area (Å²) < 4.78 is 12.2. The van der Waals surface area contributed by atoms with Crippen molar-refractivity contribution in [3.05, 3.63) is 81.3 Å². The van der Waals surface area contributed by atoms with Gasteiger partial charge in [-0.15, -0.1) is 0 Å². The minimum absolute atomic E-state index is 0.261. The van der Waals surface area contributed by atoms with Crippen LogP contribution in [0.5, 0.6) is 5.75 Å². The number of hydrogen-bond donors (Lipinski definition) is 1. The van der Waals surface area contributed by atoms with Gasteiger partial charge >= 0.3 is 0 Å². The molecule has 0 atom stereocenters. The third-order valence-electron chi connectivity index (χ3n) is 3.41. The molecule has 0 aliphatic rings. The van der Waals surface area contributed by atoms with E-state index in [2.05, 4.69) is 27.9 Å². The highest BCUT2D eigenvalue weighted by Gasteiger charge is 2.13. The Morgan fingerprint density at radius 1 is 1.08 bits per heavy atom. The molecule has 1 amide bonds. The minimum atomic E-state index is -0.277. The first kappa shape index (κ1) is 16.6. The molecule has 0 unspecified atom stereocenters. The number of halogens is 1. The largest absolute Gasteiger partial charge is 0.486 e. The van der Waals surface area contributed by atoms with Gasteiger partial charge in [-0.25, -0.2) is 0 Å². The van der Waals surface area contributed by atoms with Crippen LogP contribution < -0.4 is 10.1 Å². The van der Waals surface area contributed by atoms with Crippen LogP contribution in [-0.4, -0.2) is 5.91 Å². The van der Waals surface area contributed by atoms with Gasteiger partial charge in [0.1, 0.15) is 18.1 Å². The molecule has 0 saturated heterocycles. The molecule has 3 rings (SSSR count). The number of amides is 1. The Hall–Kier alpha value is -2.28. The van der Waals surface area contributed by atoms with Crippen molar-refractivity contribution in [3.63, 3.8) is 0 Å². The molecule has 2 aromatic carbocycles. The molecule has 0 saturated carbocycles. The number of aryl methyl sites for hydroxylation is 1. The van der Waals surface area contributed by atoms with Crippen LogP contribution in [0, 0.1) is 10.5 Å². The number of ether oxygens (including phenoxy) is 1. The molecule has 1 N–H and O–H groups in total. The fourth-order valence-corrected chi connectivity index (χ4v) is 2.64. The Kier molecular flexibility index (Phi) is 5.20. The van der Waals surface area contributed by atoms with Crippen LogP contribution in [0.3, 0.4) is 0 Å². The van der Waals surface area contributed by atoms with E-state index in [1.165, 1.54) is 5.56 Å². The van der Waals surface area contributed by atoms with E-state index in [9.17, 15) is 4.79 Å². The van der Waals surface area contributed by atoms with Gasteiger partial charge in [-0.05, 0) is 65.9 Å². The van der Waals surface area contributed by atoms with Crippen LogP contribution in [0.15, 0.2) is 65.1 Å². The van der Waals surface area contributed by atoms with Gasteiger partial charge in [-0.2, -0.15) is 0 Å². The number of benzene rings is 2. The Morgan fingerprint density at radius 2 is 1.83 bits per heavy atom. The van der Waals surface area contributed by atoms with E-state index in [0.29, 0.717) is 5.76 Å². The van der Waals surface area contributed by atoms with Gasteiger partial charge in [0.2, 0.25) is 0 Å². The highest BCUT2D eigenvalue weighted by molar-refractivity contribution is 14.1. The Morgan fingerprint density at radius 3 is 2.58 bits per heavy atom. The van der Waals surface area contributed by atoms with Gasteiger partial charge in [0.05, 0.1) is 5.69 Å². The van der Waals surface area contributed by atoms with E-state index in [-0.39, 0.29) is 18.3 Å². The van der Waals surface area contributed by atoms with E-state index in [0.717, 1.165) is 15.0 Å². The average molecular weight is 433 g/mol. The summed E-state index contributed by atoms with van der Waals surface area (Å²) in [6.07, 6.45) is 0. The number of carbonyl (C=O) groups is 1. The molecule has 0 aliphatic carbocycles. The first-order valence-corrected chi connectivity index (χ1v) is 8.54. The lowest BCUT2D eigenvalue weighted by Crippen LogP contribution is -2.11. The van der Waals surface area contributed by atoms with Gasteiger partial charge in [-0.1, -0.05) is 29.8 Å². The quantitative estimate of drug-likeness (QED) is 0.575. The average Bonchev–Trinajstić information content (AvgIpc) is 3.06. The highest BCUT2D eigenvalue weighted by atomic mass is 127. The molecule has 5 heteroatoms. The predicted octanol–water partition coefficient (Wildman–Crippen LogP) is 5.02. The zero-order chi connectivity index (χ0) is 16.9. The molecular formula is C19H16INO3. The summed E-state index contributed by atoms with van der Waals surface area (Å²) in [5.74, 6) is 1.35. The van der Waals surface area contributed by atoms with E-state index in [1.54, 1.807) is 12.1 Å². The fourth-order valence-electron chi connectivity index (χ4n) is 2.11. The zero-order valence-corrected chi connectivity index (χ0v) is 15.2. The van der Waals surface area contributed by atoms with E-state index in [1.807, 2.05) is 55.5 Å². The predicted molar refractivity (Wildman–Crippen MR) is 101 cm³/mol. The van der Waals surface area contributed by atoms with Crippen molar-refractivity contribution in [2.45, 2.75) is 13.5 Å². The van der Waals surface area contributed by atoms with Gasteiger partial charge < -0.3 is 14.5 Å². The summed E-state index contributed by atoms with van der Waals surface area (Å²) in [4.78, 5) is 12.2. The highest BCUT2D eigenvalue weighted by Crippen LogP contribution is 2.19. The molecule has 4 nitrogen and oxygen atoms in total. The van der Waals surface area contributed by atoms with Gasteiger partial charge in [0, 0.05) is 3.57 Å². The summed E-state index contributed by atoms with van der Waals surface area (Å²) in [6.45, 7) is 2.30. The zero-order valence-electron chi connectivity index (χ0n) is 13.1. The summed E-state index contributed by atoms with van der Waals surface area (Å²) in [5, 5.41) is 2.84. The van der Waals surface area contributed by atoms with Crippen molar-refractivity contribution in [2.75, 3.05) is 5.32 Å². The molecule has 1 aromatic heterocycles. The molecule has 0 radical (unpaired) electrons. The summed E-state index contributed by atoms with van der Waals surface area (Å²) in [5.41, 5.74) is 1.94. The van der Waals surface area contributed by atoms with E-state index >= 15 is 0 Å². The van der Waals surface area contributed by atoms with Crippen molar-refractivity contribution < 1.29 is 13.9 Å². The standard InChI is InChI=1S/C19H16INO3/c1-13-6-8-14(9-7-13)23-12-15-10-11-18(24-15)19(22)21-17-5-3-2-4-16(17)20/h2-11H,12H2,1H3,(H,21,22). The number of rotatable bonds is 5. The Bertz CT molecular complexity index is 840. The minimum Gasteiger partial charge on any atom is -0.486 e. The number of para-hydroxylation sites is 1. The van der Waals surface area contributed by atoms with Crippen molar-refractivity contribution in [3.8, 4) is 5.75 Å². The number of carbonyl (C=O) groups excluding carboxylic acids is 1. The number of anilines is 1. The van der Waals surface area contributed by atoms with E-state index in [4.69, 9.17) is 9.15 Å². The topological polar surface area (TPSA) is 51.5 Å². The maximum Gasteiger partial charge on any atom is 0.291 e. The number of nitrogens with one attached hydrogen (secondary N) is 1. The third-order valence-corrected chi connectivity index (χ3v) is 4.35. The monoisotopic (exact) mass is 433 g/mol. The smallest absolute Gasteiger partial charge is 0.291 e. The summed E-state index contributed by atoms with van der Waals surface area (Å²) >= 11 is 2.18. The van der Waals surface area contributed by atoms with Crippen LogP contribution in [-0.2, 0) is 6.61 Å². The lowest BCUT2D eigenvalue weighted by Gasteiger charge is -2.06. The summed E-state index contributed by atoms with van der Waals surface area (Å²) in [6, 6.07) is 18.8. The maximum absolute atomic E-state index is 12.2. The van der Waals surface area contributed by atoms with Crippen LogP contribution >= 0.6 is 22.6 Å². The first-order chi connectivity index (χ1) is 11.6. The van der Waals surface area contributed by atoms with Crippen LogP contribution in [0.4, 0.5) is 5.69 Å². The molecule has 3 aromatic rings. The second-order valence-electron chi connectivity index (χ2n) is 5.30. The SMILES string of the molecule is Cc1ccc(OCc2ccc(C(=O)Nc3ccccc3I)o2)cc1. The van der Waals surface area contributed by atoms with Crippen molar-refractivity contribution in [1.29, 1.82) is 0 Å².